The number of rotatable bonds is 2. The Balaban J connectivity index is 2.15. The van der Waals surface area contributed by atoms with E-state index in [0.717, 1.165) is 0 Å². The number of carbonyl (C=O) groups is 3. The molecule has 6 nitrogen and oxygen atoms in total. The standard InChI is InChI=1S/C19H22O6/c1-9(2)16(21)24-13-8-18(5,23)14-6-12(20)10(3)7-19(14)15(13)11(4)17(22)25-19/h6-7,9,13,15,23H,4,8H2,1-3,5H3/t13-,15-,18-,19-/m1/s1. The number of ketones is 1. The first-order valence-corrected chi connectivity index (χ1v) is 8.31. The van der Waals surface area contributed by atoms with Crippen molar-refractivity contribution in [2.24, 2.45) is 11.8 Å². The van der Waals surface area contributed by atoms with Crippen molar-refractivity contribution >= 4 is 17.7 Å². The minimum Gasteiger partial charge on any atom is -0.461 e. The van der Waals surface area contributed by atoms with Crippen molar-refractivity contribution in [3.63, 3.8) is 0 Å². The van der Waals surface area contributed by atoms with Crippen LogP contribution in [0.2, 0.25) is 0 Å². The largest absolute Gasteiger partial charge is 0.461 e. The second-order valence-electron chi connectivity index (χ2n) is 7.54. The maximum atomic E-state index is 12.3. The first-order valence-electron chi connectivity index (χ1n) is 8.31. The van der Waals surface area contributed by atoms with Crippen LogP contribution < -0.4 is 0 Å². The fourth-order valence-electron chi connectivity index (χ4n) is 3.93. The Kier molecular flexibility index (Phi) is 3.80. The van der Waals surface area contributed by atoms with E-state index in [4.69, 9.17) is 9.47 Å². The van der Waals surface area contributed by atoms with Crippen LogP contribution in [0.25, 0.3) is 0 Å². The van der Waals surface area contributed by atoms with Crippen molar-refractivity contribution in [1.29, 1.82) is 0 Å². The molecule has 1 saturated heterocycles. The summed E-state index contributed by atoms with van der Waals surface area (Å²) in [4.78, 5) is 36.5. The Morgan fingerprint density at radius 3 is 2.68 bits per heavy atom. The van der Waals surface area contributed by atoms with Gasteiger partial charge < -0.3 is 14.6 Å². The number of allylic oxidation sites excluding steroid dienone is 2. The lowest BCUT2D eigenvalue weighted by Gasteiger charge is -2.49. The zero-order valence-electron chi connectivity index (χ0n) is 14.8. The molecular formula is C19H22O6. The van der Waals surface area contributed by atoms with Gasteiger partial charge in [0.1, 0.15) is 6.10 Å². The van der Waals surface area contributed by atoms with E-state index >= 15 is 0 Å². The average molecular weight is 346 g/mol. The highest BCUT2D eigenvalue weighted by Gasteiger charge is 2.65. The SMILES string of the molecule is C=C1C(=O)O[C@]23C=C(C)C(=O)C=C2[C@](C)(O)C[C@@H](OC(=O)C(C)C)[C@@H]13. The summed E-state index contributed by atoms with van der Waals surface area (Å²) in [7, 11) is 0. The molecule has 4 atom stereocenters. The lowest BCUT2D eigenvalue weighted by Crippen LogP contribution is -2.58. The zero-order valence-corrected chi connectivity index (χ0v) is 14.8. The quantitative estimate of drug-likeness (QED) is 0.604. The average Bonchev–Trinajstić information content (AvgIpc) is 2.73. The fraction of sp³-hybridized carbons (Fsp3) is 0.526. The smallest absolute Gasteiger partial charge is 0.335 e. The monoisotopic (exact) mass is 346 g/mol. The molecule has 0 amide bonds. The number of aliphatic hydroxyl groups is 1. The van der Waals surface area contributed by atoms with E-state index in [1.54, 1.807) is 26.8 Å². The fourth-order valence-corrected chi connectivity index (χ4v) is 3.93. The third-order valence-corrected chi connectivity index (χ3v) is 5.17. The Morgan fingerprint density at radius 1 is 1.44 bits per heavy atom. The Labute approximate surface area is 146 Å². The highest BCUT2D eigenvalue weighted by Crippen LogP contribution is 2.55. The lowest BCUT2D eigenvalue weighted by molar-refractivity contribution is -0.167. The van der Waals surface area contributed by atoms with Crippen LogP contribution in [0.3, 0.4) is 0 Å². The second kappa shape index (κ2) is 5.39. The number of esters is 2. The maximum absolute atomic E-state index is 12.3. The molecule has 134 valence electrons. The molecule has 1 aliphatic heterocycles. The van der Waals surface area contributed by atoms with Crippen LogP contribution in [0.4, 0.5) is 0 Å². The van der Waals surface area contributed by atoms with Gasteiger partial charge in [0.05, 0.1) is 17.4 Å². The van der Waals surface area contributed by atoms with Crippen LogP contribution in [0.15, 0.2) is 35.5 Å². The van der Waals surface area contributed by atoms with Crippen LogP contribution in [0, 0.1) is 11.8 Å². The molecular weight excluding hydrogens is 324 g/mol. The Bertz CT molecular complexity index is 754. The van der Waals surface area contributed by atoms with Gasteiger partial charge in [-0.05, 0) is 31.6 Å². The Morgan fingerprint density at radius 2 is 2.08 bits per heavy atom. The van der Waals surface area contributed by atoms with E-state index in [2.05, 4.69) is 6.58 Å². The predicted molar refractivity (Wildman–Crippen MR) is 88.3 cm³/mol. The number of carbonyl (C=O) groups excluding carboxylic acids is 3. The molecule has 25 heavy (non-hydrogen) atoms. The molecule has 0 aromatic carbocycles. The van der Waals surface area contributed by atoms with Crippen molar-refractivity contribution in [3.05, 3.63) is 35.5 Å². The molecule has 0 bridgehead atoms. The highest BCUT2D eigenvalue weighted by molar-refractivity contribution is 6.07. The number of hydrogen-bond donors (Lipinski definition) is 1. The van der Waals surface area contributed by atoms with Gasteiger partial charge in [0.25, 0.3) is 0 Å². The number of ether oxygens (including phenoxy) is 2. The van der Waals surface area contributed by atoms with Crippen LogP contribution in [0.5, 0.6) is 0 Å². The van der Waals surface area contributed by atoms with Gasteiger partial charge in [0.2, 0.25) is 0 Å². The van der Waals surface area contributed by atoms with Crippen molar-refractivity contribution < 1.29 is 29.0 Å². The molecule has 0 radical (unpaired) electrons. The summed E-state index contributed by atoms with van der Waals surface area (Å²) in [6.07, 6.45) is 2.15. The maximum Gasteiger partial charge on any atom is 0.335 e. The minimum absolute atomic E-state index is 0.0551. The normalized spacial score (nSPS) is 37.1. The van der Waals surface area contributed by atoms with Crippen LogP contribution in [-0.2, 0) is 23.9 Å². The lowest BCUT2D eigenvalue weighted by atomic mass is 9.61. The van der Waals surface area contributed by atoms with E-state index in [1.807, 2.05) is 0 Å². The Hall–Kier alpha value is -2.21. The van der Waals surface area contributed by atoms with E-state index < -0.39 is 35.2 Å². The summed E-state index contributed by atoms with van der Waals surface area (Å²) < 4.78 is 11.2. The van der Waals surface area contributed by atoms with Gasteiger partial charge in [-0.15, -0.1) is 0 Å². The second-order valence-corrected chi connectivity index (χ2v) is 7.54. The third kappa shape index (κ3) is 2.47. The van der Waals surface area contributed by atoms with Gasteiger partial charge in [-0.3, -0.25) is 9.59 Å². The molecule has 1 heterocycles. The summed E-state index contributed by atoms with van der Waals surface area (Å²) >= 11 is 0. The molecule has 1 saturated carbocycles. The summed E-state index contributed by atoms with van der Waals surface area (Å²) in [6.45, 7) is 10.4. The molecule has 0 unspecified atom stereocenters. The molecule has 3 rings (SSSR count). The van der Waals surface area contributed by atoms with Crippen LogP contribution in [-0.4, -0.2) is 40.1 Å². The molecule has 0 aromatic rings. The number of hydrogen-bond acceptors (Lipinski definition) is 6. The van der Waals surface area contributed by atoms with Crippen molar-refractivity contribution in [2.75, 3.05) is 0 Å². The van der Waals surface area contributed by atoms with E-state index in [0.29, 0.717) is 11.1 Å². The van der Waals surface area contributed by atoms with Crippen LogP contribution in [0.1, 0.15) is 34.1 Å². The molecule has 0 aromatic heterocycles. The molecule has 3 aliphatic rings. The third-order valence-electron chi connectivity index (χ3n) is 5.17. The first-order chi connectivity index (χ1) is 11.5. The van der Waals surface area contributed by atoms with Gasteiger partial charge >= 0.3 is 11.9 Å². The molecule has 2 aliphatic carbocycles. The first kappa shape index (κ1) is 17.6. The van der Waals surface area contributed by atoms with Crippen molar-refractivity contribution in [3.8, 4) is 0 Å². The molecule has 1 spiro atoms. The van der Waals surface area contributed by atoms with Crippen LogP contribution >= 0.6 is 0 Å². The minimum atomic E-state index is -1.46. The van der Waals surface area contributed by atoms with Gasteiger partial charge in [0.15, 0.2) is 11.4 Å². The van der Waals surface area contributed by atoms with Crippen molar-refractivity contribution in [2.45, 2.75) is 51.4 Å². The molecule has 2 fully saturated rings. The van der Waals surface area contributed by atoms with Gasteiger partial charge in [-0.2, -0.15) is 0 Å². The van der Waals surface area contributed by atoms with Crippen molar-refractivity contribution in [1.82, 2.24) is 0 Å². The predicted octanol–water partition coefficient (Wildman–Crippen LogP) is 1.63. The van der Waals surface area contributed by atoms with Gasteiger partial charge in [-0.1, -0.05) is 20.4 Å². The molecule has 1 N–H and O–H groups in total. The van der Waals surface area contributed by atoms with E-state index in [-0.39, 0.29) is 23.7 Å². The highest BCUT2D eigenvalue weighted by atomic mass is 16.6. The summed E-state index contributed by atoms with van der Waals surface area (Å²) in [6, 6.07) is 0. The molecule has 6 heteroatoms. The zero-order chi connectivity index (χ0) is 18.7. The summed E-state index contributed by atoms with van der Waals surface area (Å²) in [5, 5.41) is 10.9. The summed E-state index contributed by atoms with van der Waals surface area (Å²) in [5.74, 6) is -2.31. The van der Waals surface area contributed by atoms with E-state index in [1.165, 1.54) is 13.0 Å². The van der Waals surface area contributed by atoms with Gasteiger partial charge in [0, 0.05) is 17.6 Å². The topological polar surface area (TPSA) is 89.9 Å². The van der Waals surface area contributed by atoms with E-state index in [9.17, 15) is 19.5 Å². The summed E-state index contributed by atoms with van der Waals surface area (Å²) in [5.41, 5.74) is -1.90. The van der Waals surface area contributed by atoms with Gasteiger partial charge in [-0.25, -0.2) is 4.79 Å².